The molecule has 0 atom stereocenters. The first kappa shape index (κ1) is 11.0. The van der Waals surface area contributed by atoms with E-state index in [0.29, 0.717) is 5.56 Å². The predicted molar refractivity (Wildman–Crippen MR) is 54.6 cm³/mol. The van der Waals surface area contributed by atoms with Crippen LogP contribution in [-0.4, -0.2) is 28.8 Å². The number of carboxylic acids is 1. The molecule has 0 aliphatic carbocycles. The second kappa shape index (κ2) is 3.84. The molecule has 1 aromatic rings. The van der Waals surface area contributed by atoms with Crippen molar-refractivity contribution in [3.05, 3.63) is 40.9 Å². The van der Waals surface area contributed by atoms with Crippen LogP contribution in [0.5, 0.6) is 0 Å². The molecule has 0 unspecified atom stereocenters. The van der Waals surface area contributed by atoms with Crippen molar-refractivity contribution >= 4 is 5.97 Å². The molecule has 1 fully saturated rings. The monoisotopic (exact) mass is 225 g/mol. The lowest BCUT2D eigenvalue weighted by molar-refractivity contribution is -0.938. The number of halogens is 1. The van der Waals surface area contributed by atoms with E-state index in [9.17, 15) is 14.4 Å². The van der Waals surface area contributed by atoms with Crippen LogP contribution in [-0.2, 0) is 11.3 Å². The Bertz CT molecular complexity index is 415. The second-order valence-corrected chi connectivity index (χ2v) is 4.25. The molecule has 1 aliphatic heterocycles. The highest BCUT2D eigenvalue weighted by molar-refractivity contribution is 5.70. The van der Waals surface area contributed by atoms with Crippen molar-refractivity contribution in [2.45, 2.75) is 6.54 Å². The lowest BCUT2D eigenvalue weighted by Gasteiger charge is -2.52. The molecular weight excluding hydrogens is 213 g/mol. The zero-order chi connectivity index (χ0) is 11.8. The van der Waals surface area contributed by atoms with E-state index < -0.39 is 16.5 Å². The Balaban J connectivity index is 1.99. The molecule has 1 saturated heterocycles. The standard InChI is InChI=1S/C11H12FNO3/c12-10-3-1-2-8(4-10)5-13(16)6-9(7-13)11(14)15/h1-4,9H,5-7H2,(H,14,15). The number of carbonyl (C=O) groups is 1. The first-order valence-electron chi connectivity index (χ1n) is 5.03. The lowest BCUT2D eigenvalue weighted by atomic mass is 9.98. The molecule has 0 saturated carbocycles. The molecule has 1 aromatic carbocycles. The molecule has 1 aliphatic rings. The van der Waals surface area contributed by atoms with Crippen LogP contribution in [0.3, 0.4) is 0 Å². The van der Waals surface area contributed by atoms with Gasteiger partial charge in [-0.15, -0.1) is 0 Å². The molecule has 0 bridgehead atoms. The minimum absolute atomic E-state index is 0.0752. The number of carboxylic acid groups (broad SMARTS) is 1. The Morgan fingerprint density at radius 2 is 2.25 bits per heavy atom. The third-order valence-electron chi connectivity index (χ3n) is 2.82. The summed E-state index contributed by atoms with van der Waals surface area (Å²) >= 11 is 0. The van der Waals surface area contributed by atoms with E-state index in [4.69, 9.17) is 5.11 Å². The topological polar surface area (TPSA) is 60.4 Å². The van der Waals surface area contributed by atoms with Gasteiger partial charge in [-0.2, -0.15) is 0 Å². The molecule has 4 nitrogen and oxygen atoms in total. The van der Waals surface area contributed by atoms with Gasteiger partial charge < -0.3 is 15.0 Å². The maximum atomic E-state index is 12.9. The molecule has 0 aromatic heterocycles. The second-order valence-electron chi connectivity index (χ2n) is 4.25. The van der Waals surface area contributed by atoms with E-state index in [0.717, 1.165) is 0 Å². The van der Waals surface area contributed by atoms with Crippen molar-refractivity contribution in [2.75, 3.05) is 13.1 Å². The van der Waals surface area contributed by atoms with Gasteiger partial charge in [-0.3, -0.25) is 4.79 Å². The summed E-state index contributed by atoms with van der Waals surface area (Å²) in [5.74, 6) is -1.85. The van der Waals surface area contributed by atoms with Crippen LogP contribution in [0.15, 0.2) is 24.3 Å². The molecule has 1 heterocycles. The summed E-state index contributed by atoms with van der Waals surface area (Å²) in [4.78, 5) is 10.6. The zero-order valence-electron chi connectivity index (χ0n) is 8.60. The first-order valence-corrected chi connectivity index (χ1v) is 5.03. The van der Waals surface area contributed by atoms with Gasteiger partial charge in [-0.1, -0.05) is 12.1 Å². The van der Waals surface area contributed by atoms with E-state index >= 15 is 0 Å². The van der Waals surface area contributed by atoms with Crippen molar-refractivity contribution in [3.63, 3.8) is 0 Å². The number of quaternary nitrogens is 1. The largest absolute Gasteiger partial charge is 0.633 e. The Hall–Kier alpha value is -1.46. The van der Waals surface area contributed by atoms with Gasteiger partial charge in [0.1, 0.15) is 12.4 Å². The summed E-state index contributed by atoms with van der Waals surface area (Å²) in [6.07, 6.45) is 0. The molecule has 2 rings (SSSR count). The normalized spacial score (nSPS) is 28.5. The zero-order valence-corrected chi connectivity index (χ0v) is 8.60. The number of likely N-dealkylation sites (tertiary alicyclic amines) is 1. The molecule has 16 heavy (non-hydrogen) atoms. The Kier molecular flexibility index (Phi) is 2.65. The van der Waals surface area contributed by atoms with Crippen LogP contribution in [0.2, 0.25) is 0 Å². The molecule has 5 heteroatoms. The van der Waals surface area contributed by atoms with Crippen LogP contribution < -0.4 is 0 Å². The minimum atomic E-state index is -0.927. The Morgan fingerprint density at radius 1 is 1.56 bits per heavy atom. The summed E-state index contributed by atoms with van der Waals surface area (Å²) in [5, 5.41) is 20.6. The van der Waals surface area contributed by atoms with Crippen LogP contribution in [0.4, 0.5) is 4.39 Å². The summed E-state index contributed by atoms with van der Waals surface area (Å²) in [6.45, 7) is 0.291. The van der Waals surface area contributed by atoms with Crippen molar-refractivity contribution in [1.29, 1.82) is 0 Å². The van der Waals surface area contributed by atoms with Gasteiger partial charge in [-0.05, 0) is 12.1 Å². The van der Waals surface area contributed by atoms with Gasteiger partial charge in [0.2, 0.25) is 0 Å². The number of benzene rings is 1. The van der Waals surface area contributed by atoms with Gasteiger partial charge in [0.25, 0.3) is 0 Å². The van der Waals surface area contributed by atoms with E-state index in [1.165, 1.54) is 12.1 Å². The number of rotatable bonds is 3. The quantitative estimate of drug-likeness (QED) is 0.624. The summed E-state index contributed by atoms with van der Waals surface area (Å²) in [5.41, 5.74) is 0.610. The van der Waals surface area contributed by atoms with Gasteiger partial charge in [0, 0.05) is 5.56 Å². The van der Waals surface area contributed by atoms with Crippen molar-refractivity contribution in [1.82, 2.24) is 0 Å². The van der Waals surface area contributed by atoms with Crippen molar-refractivity contribution < 1.29 is 18.9 Å². The van der Waals surface area contributed by atoms with Gasteiger partial charge in [0.15, 0.2) is 5.92 Å². The van der Waals surface area contributed by atoms with Crippen molar-refractivity contribution in [3.8, 4) is 0 Å². The molecule has 0 amide bonds. The van der Waals surface area contributed by atoms with Crippen LogP contribution in [0.1, 0.15) is 5.56 Å². The summed E-state index contributed by atoms with van der Waals surface area (Å²) in [6, 6.07) is 5.85. The summed E-state index contributed by atoms with van der Waals surface area (Å²) in [7, 11) is 0. The maximum absolute atomic E-state index is 12.9. The van der Waals surface area contributed by atoms with E-state index in [1.54, 1.807) is 12.1 Å². The maximum Gasteiger partial charge on any atom is 0.318 e. The highest BCUT2D eigenvalue weighted by Gasteiger charge is 2.42. The van der Waals surface area contributed by atoms with Crippen LogP contribution in [0.25, 0.3) is 0 Å². The molecule has 1 N–H and O–H groups in total. The van der Waals surface area contributed by atoms with Gasteiger partial charge in [0.05, 0.1) is 13.1 Å². The average Bonchev–Trinajstić information content (AvgIpc) is 2.13. The molecule has 0 radical (unpaired) electrons. The van der Waals surface area contributed by atoms with Gasteiger partial charge >= 0.3 is 5.97 Å². The number of hydrogen-bond acceptors (Lipinski definition) is 2. The highest BCUT2D eigenvalue weighted by Crippen LogP contribution is 2.27. The summed E-state index contributed by atoms with van der Waals surface area (Å²) < 4.78 is 12.3. The highest BCUT2D eigenvalue weighted by atomic mass is 19.1. The number of aliphatic carboxylic acids is 1. The van der Waals surface area contributed by atoms with Gasteiger partial charge in [-0.25, -0.2) is 4.39 Å². The predicted octanol–water partition coefficient (Wildman–Crippen LogP) is 1.35. The van der Waals surface area contributed by atoms with Crippen molar-refractivity contribution in [2.24, 2.45) is 5.92 Å². The fraction of sp³-hybridized carbons (Fsp3) is 0.364. The Labute approximate surface area is 92.1 Å². The third-order valence-corrected chi connectivity index (χ3v) is 2.82. The average molecular weight is 225 g/mol. The minimum Gasteiger partial charge on any atom is -0.633 e. The molecular formula is C11H12FNO3. The number of hydroxylamine groups is 3. The van der Waals surface area contributed by atoms with E-state index in [1.807, 2.05) is 0 Å². The van der Waals surface area contributed by atoms with Crippen LogP contribution in [0, 0.1) is 16.9 Å². The Morgan fingerprint density at radius 3 is 2.81 bits per heavy atom. The fourth-order valence-corrected chi connectivity index (χ4v) is 2.00. The number of nitrogens with zero attached hydrogens (tertiary/aromatic N) is 1. The number of hydrogen-bond donors (Lipinski definition) is 1. The molecule has 0 spiro atoms. The van der Waals surface area contributed by atoms with Crippen LogP contribution >= 0.6 is 0 Å². The molecule has 86 valence electrons. The van der Waals surface area contributed by atoms with E-state index in [2.05, 4.69) is 0 Å². The lowest BCUT2D eigenvalue weighted by Crippen LogP contribution is -2.61. The van der Waals surface area contributed by atoms with E-state index in [-0.39, 0.29) is 25.5 Å². The third kappa shape index (κ3) is 2.20. The fourth-order valence-electron chi connectivity index (χ4n) is 2.00. The smallest absolute Gasteiger partial charge is 0.318 e. The SMILES string of the molecule is O=C(O)C1C[N+]([O-])(Cc2cccc(F)c2)C1. The first-order chi connectivity index (χ1) is 7.48.